The van der Waals surface area contributed by atoms with Crippen molar-refractivity contribution < 1.29 is 28.6 Å². The molecular weight excluding hydrogens is 550 g/mol. The van der Waals surface area contributed by atoms with E-state index in [2.05, 4.69) is 58.4 Å². The molecule has 0 saturated heterocycles. The van der Waals surface area contributed by atoms with Crippen LogP contribution in [0.15, 0.2) is 49.3 Å². The first-order valence-electron chi connectivity index (χ1n) is 14.4. The zero-order valence-corrected chi connectivity index (χ0v) is 27.1. The summed E-state index contributed by atoms with van der Waals surface area (Å²) in [5, 5.41) is 12.9. The summed E-state index contributed by atoms with van der Waals surface area (Å²) < 4.78 is 17.3. The number of nitrogens with zero attached hydrogens (tertiary/aromatic N) is 2. The fourth-order valence-corrected chi connectivity index (χ4v) is 11.3. The van der Waals surface area contributed by atoms with Crippen molar-refractivity contribution in [3.05, 3.63) is 66.0 Å². The Morgan fingerprint density at radius 2 is 1.83 bits per heavy atom. The highest BCUT2D eigenvalue weighted by Crippen LogP contribution is 2.44. The molecule has 1 aromatic heterocycles. The molecule has 0 fully saturated rings. The highest BCUT2D eigenvalue weighted by molar-refractivity contribution is 6.78. The van der Waals surface area contributed by atoms with E-state index in [1.54, 1.807) is 37.7 Å². The van der Waals surface area contributed by atoms with Crippen LogP contribution in [0.2, 0.25) is 16.6 Å². The van der Waals surface area contributed by atoms with Crippen molar-refractivity contribution in [3.63, 3.8) is 0 Å². The predicted molar refractivity (Wildman–Crippen MR) is 168 cm³/mol. The van der Waals surface area contributed by atoms with Crippen LogP contribution in [0.4, 0.5) is 10.5 Å². The molecule has 1 aliphatic rings. The molecule has 1 aliphatic heterocycles. The molecule has 42 heavy (non-hydrogen) atoms. The van der Waals surface area contributed by atoms with Gasteiger partial charge in [-0.05, 0) is 58.8 Å². The number of carbonyl (C=O) groups is 2. The Bertz CT molecular complexity index is 1280. The van der Waals surface area contributed by atoms with Gasteiger partial charge < -0.3 is 23.9 Å². The molecule has 3 rings (SSSR count). The molecule has 2 amide bonds. The molecule has 0 aliphatic carbocycles. The maximum atomic E-state index is 14.1. The Morgan fingerprint density at radius 3 is 2.36 bits per heavy atom. The third-order valence-electron chi connectivity index (χ3n) is 8.01. The van der Waals surface area contributed by atoms with E-state index >= 15 is 0 Å². The highest BCUT2D eigenvalue weighted by Gasteiger charge is 2.47. The van der Waals surface area contributed by atoms with Gasteiger partial charge >= 0.3 is 6.09 Å². The lowest BCUT2D eigenvalue weighted by molar-refractivity contribution is 0.0733. The molecule has 1 aromatic carbocycles. The lowest BCUT2D eigenvalue weighted by Crippen LogP contribution is -2.50. The van der Waals surface area contributed by atoms with E-state index in [0.29, 0.717) is 34.7 Å². The van der Waals surface area contributed by atoms with Crippen LogP contribution in [0.3, 0.4) is 0 Å². The predicted octanol–water partition coefficient (Wildman–Crippen LogP) is 6.94. The molecule has 10 heteroatoms. The molecule has 2 aromatic rings. The third-order valence-corrected chi connectivity index (χ3v) is 14.0. The number of hydrogen-bond acceptors (Lipinski definition) is 7. The van der Waals surface area contributed by atoms with Crippen LogP contribution >= 0.6 is 0 Å². The number of nitrogens with one attached hydrogen (secondary N) is 1. The van der Waals surface area contributed by atoms with Crippen LogP contribution in [-0.2, 0) is 4.74 Å². The fourth-order valence-electron chi connectivity index (χ4n) is 5.98. The largest absolute Gasteiger partial charge is 0.542 e. The van der Waals surface area contributed by atoms with Gasteiger partial charge in [-0.2, -0.15) is 0 Å². The van der Waals surface area contributed by atoms with Gasteiger partial charge in [-0.1, -0.05) is 54.2 Å². The monoisotopic (exact) mass is 595 g/mol. The standard InChI is InChI=1S/C32H45N3O6Si/c1-10-13-40-32(38)34-28-16-29(41-42(20(2)3,21(4)5)22(6)7)23(8)14-27(28)31(37)35-18-25(15-26(35)19-36)24-11-12-30(39-9)33-17-24/h10-12,14,16-18,20-22,26,36H,1,13,15,19H2,2-9H3,(H,34,38)/t26-/m0/s1. The van der Waals surface area contributed by atoms with Crippen LogP contribution < -0.4 is 14.5 Å². The quantitative estimate of drug-likeness (QED) is 0.202. The first-order valence-corrected chi connectivity index (χ1v) is 16.6. The van der Waals surface area contributed by atoms with Gasteiger partial charge in [0.25, 0.3) is 14.2 Å². The van der Waals surface area contributed by atoms with E-state index in [-0.39, 0.29) is 30.4 Å². The number of aromatic nitrogens is 1. The number of aliphatic hydroxyl groups excluding tert-OH is 1. The second-order valence-corrected chi connectivity index (χ2v) is 17.0. The number of ether oxygens (including phenoxy) is 2. The minimum Gasteiger partial charge on any atom is -0.542 e. The molecule has 0 radical (unpaired) electrons. The summed E-state index contributed by atoms with van der Waals surface area (Å²) in [6.45, 7) is 18.5. The van der Waals surface area contributed by atoms with Gasteiger partial charge in [0.1, 0.15) is 12.4 Å². The van der Waals surface area contributed by atoms with Crippen LogP contribution in [0.5, 0.6) is 11.6 Å². The smallest absolute Gasteiger partial charge is 0.411 e. The van der Waals surface area contributed by atoms with Gasteiger partial charge in [-0.15, -0.1) is 0 Å². The Morgan fingerprint density at radius 1 is 1.17 bits per heavy atom. The topological polar surface area (TPSA) is 110 Å². The van der Waals surface area contributed by atoms with E-state index in [4.69, 9.17) is 13.9 Å². The Hall–Kier alpha value is -3.63. The SMILES string of the molecule is C=CCOC(=O)Nc1cc(O[Si](C(C)C)(C(C)C)C(C)C)c(C)cc1C(=O)N1C=C(c2ccc(OC)nc2)C[C@H]1CO. The highest BCUT2D eigenvalue weighted by atomic mass is 28.4. The third kappa shape index (κ3) is 6.87. The van der Waals surface area contributed by atoms with E-state index < -0.39 is 20.5 Å². The molecule has 0 bridgehead atoms. The van der Waals surface area contributed by atoms with Gasteiger partial charge in [-0.3, -0.25) is 10.1 Å². The molecular formula is C32H45N3O6Si. The maximum Gasteiger partial charge on any atom is 0.411 e. The minimum absolute atomic E-state index is 0.0229. The average molecular weight is 596 g/mol. The van der Waals surface area contributed by atoms with E-state index in [9.17, 15) is 14.7 Å². The lowest BCUT2D eigenvalue weighted by Gasteiger charge is -2.42. The van der Waals surface area contributed by atoms with Crippen molar-refractivity contribution in [3.8, 4) is 11.6 Å². The summed E-state index contributed by atoms with van der Waals surface area (Å²) >= 11 is 0. The number of methoxy groups -OCH3 is 1. The van der Waals surface area contributed by atoms with E-state index in [1.165, 1.54) is 11.0 Å². The summed E-state index contributed by atoms with van der Waals surface area (Å²) in [6, 6.07) is 6.62. The first kappa shape index (κ1) is 32.9. The Labute approximate surface area is 250 Å². The van der Waals surface area contributed by atoms with E-state index in [0.717, 1.165) is 16.7 Å². The Balaban J connectivity index is 2.08. The number of aryl methyl sites for hydroxylation is 1. The number of benzene rings is 1. The van der Waals surface area contributed by atoms with Gasteiger partial charge in [0, 0.05) is 24.5 Å². The van der Waals surface area contributed by atoms with Gasteiger partial charge in [-0.25, -0.2) is 9.78 Å². The van der Waals surface area contributed by atoms with Crippen LogP contribution in [0.1, 0.15) is 69.4 Å². The summed E-state index contributed by atoms with van der Waals surface area (Å²) in [7, 11) is -0.786. The number of hydrogen-bond donors (Lipinski definition) is 2. The summed E-state index contributed by atoms with van der Waals surface area (Å²) in [4.78, 5) is 32.5. The molecule has 0 unspecified atom stereocenters. The molecule has 0 saturated carbocycles. The second-order valence-electron chi connectivity index (χ2n) is 11.6. The van der Waals surface area contributed by atoms with Crippen molar-refractivity contribution in [2.75, 3.05) is 25.6 Å². The number of rotatable bonds is 12. The number of aliphatic hydroxyl groups is 1. The molecule has 2 heterocycles. The molecule has 228 valence electrons. The summed E-state index contributed by atoms with van der Waals surface area (Å²) in [5.41, 5.74) is 4.01. The van der Waals surface area contributed by atoms with Gasteiger partial charge in [0.05, 0.1) is 31.0 Å². The number of pyridine rings is 1. The van der Waals surface area contributed by atoms with Crippen molar-refractivity contribution in [1.82, 2.24) is 9.88 Å². The van der Waals surface area contributed by atoms with Gasteiger partial charge in [0.15, 0.2) is 0 Å². The van der Waals surface area contributed by atoms with Crippen molar-refractivity contribution in [2.24, 2.45) is 0 Å². The number of carbonyl (C=O) groups excluding carboxylic acids is 2. The molecule has 0 spiro atoms. The molecule has 2 N–H and O–H groups in total. The maximum absolute atomic E-state index is 14.1. The Kier molecular flexibility index (Phi) is 11.0. The van der Waals surface area contributed by atoms with Gasteiger partial charge in [0.2, 0.25) is 5.88 Å². The fraction of sp³-hybridized carbons (Fsp3) is 0.469. The normalized spacial score (nSPS) is 15.2. The van der Waals surface area contributed by atoms with Crippen molar-refractivity contribution in [2.45, 2.75) is 77.6 Å². The number of amides is 2. The summed E-state index contributed by atoms with van der Waals surface area (Å²) in [5.74, 6) is 0.758. The van der Waals surface area contributed by atoms with Crippen LogP contribution in [0, 0.1) is 6.92 Å². The average Bonchev–Trinajstić information content (AvgIpc) is 3.39. The van der Waals surface area contributed by atoms with Crippen molar-refractivity contribution in [1.29, 1.82) is 0 Å². The lowest BCUT2D eigenvalue weighted by atomic mass is 10.0. The van der Waals surface area contributed by atoms with E-state index in [1.807, 2.05) is 13.0 Å². The first-order chi connectivity index (χ1) is 19.9. The zero-order chi connectivity index (χ0) is 31.2. The minimum atomic E-state index is -2.33. The van der Waals surface area contributed by atoms with Crippen LogP contribution in [0.25, 0.3) is 5.57 Å². The second kappa shape index (κ2) is 14.0. The van der Waals surface area contributed by atoms with Crippen LogP contribution in [-0.4, -0.2) is 61.7 Å². The molecule has 9 nitrogen and oxygen atoms in total. The summed E-state index contributed by atoms with van der Waals surface area (Å²) in [6.07, 6.45) is 4.63. The van der Waals surface area contributed by atoms with Crippen molar-refractivity contribution >= 4 is 31.6 Å². The zero-order valence-electron chi connectivity index (χ0n) is 26.1. The molecule has 1 atom stereocenters. The number of anilines is 1.